The number of nitrogens with one attached hydrogen (secondary N) is 3. The van der Waals surface area contributed by atoms with Gasteiger partial charge in [0, 0.05) is 53.9 Å². The summed E-state index contributed by atoms with van der Waals surface area (Å²) in [6.45, 7) is 6.93. The molecule has 3 N–H and O–H groups in total. The molecule has 0 bridgehead atoms. The van der Waals surface area contributed by atoms with E-state index in [0.717, 1.165) is 65.8 Å². The van der Waals surface area contributed by atoms with Crippen LogP contribution < -0.4 is 10.6 Å². The number of hydrogen-bond donors (Lipinski definition) is 3. The van der Waals surface area contributed by atoms with Crippen molar-refractivity contribution < 1.29 is 4.79 Å². The summed E-state index contributed by atoms with van der Waals surface area (Å²) in [6, 6.07) is 2.64. The lowest BCUT2D eigenvalue weighted by atomic mass is 9.90. The molecule has 0 aliphatic heterocycles. The summed E-state index contributed by atoms with van der Waals surface area (Å²) in [4.78, 5) is 25.7. The van der Waals surface area contributed by atoms with Crippen molar-refractivity contribution >= 4 is 11.6 Å². The van der Waals surface area contributed by atoms with Crippen LogP contribution in [-0.2, 0) is 6.54 Å². The van der Waals surface area contributed by atoms with Gasteiger partial charge in [0.05, 0.1) is 5.69 Å². The summed E-state index contributed by atoms with van der Waals surface area (Å²) < 4.78 is 1.76. The van der Waals surface area contributed by atoms with Crippen LogP contribution in [0.5, 0.6) is 0 Å². The summed E-state index contributed by atoms with van der Waals surface area (Å²) in [6.07, 6.45) is 12.6. The monoisotopic (exact) mass is 473 g/mol. The Morgan fingerprint density at radius 1 is 1.14 bits per heavy atom. The first-order valence-electron chi connectivity index (χ1n) is 12.2. The average molecular weight is 474 g/mol. The number of carbonyl (C=O) groups excluding carboxylic acids is 1. The fraction of sp³-hybridized carbons (Fsp3) is 0.440. The molecule has 0 aromatic carbocycles. The fourth-order valence-corrected chi connectivity index (χ4v) is 4.92. The van der Waals surface area contributed by atoms with Crippen molar-refractivity contribution in [1.82, 2.24) is 45.4 Å². The van der Waals surface area contributed by atoms with Crippen LogP contribution >= 0.6 is 0 Å². The SMILES string of the molecule is Cc1cc(-c2[nH]nc(C(=O)N[C@H]3CC[C@H](NCc4cncnc4)CC3)c2C(C)C)cn2ncnc12. The molecule has 10 nitrogen and oxygen atoms in total. The molecule has 0 atom stereocenters. The second-order valence-electron chi connectivity index (χ2n) is 9.61. The predicted molar refractivity (Wildman–Crippen MR) is 132 cm³/mol. The van der Waals surface area contributed by atoms with E-state index in [-0.39, 0.29) is 17.9 Å². The maximum Gasteiger partial charge on any atom is 0.272 e. The van der Waals surface area contributed by atoms with E-state index in [4.69, 9.17) is 0 Å². The van der Waals surface area contributed by atoms with E-state index in [1.165, 1.54) is 0 Å². The third kappa shape index (κ3) is 4.93. The molecule has 0 saturated heterocycles. The summed E-state index contributed by atoms with van der Waals surface area (Å²) in [5.41, 5.74) is 6.09. The zero-order valence-electron chi connectivity index (χ0n) is 20.3. The number of fused-ring (bicyclic) bond motifs is 1. The van der Waals surface area contributed by atoms with Gasteiger partial charge in [-0.05, 0) is 50.2 Å². The molecule has 1 amide bonds. The maximum atomic E-state index is 13.3. The summed E-state index contributed by atoms with van der Waals surface area (Å²) >= 11 is 0. The number of nitrogens with zero attached hydrogens (tertiary/aromatic N) is 6. The molecule has 4 aromatic heterocycles. The quantitative estimate of drug-likeness (QED) is 0.376. The van der Waals surface area contributed by atoms with Gasteiger partial charge in [0.2, 0.25) is 0 Å². The van der Waals surface area contributed by atoms with E-state index in [2.05, 4.69) is 60.8 Å². The molecule has 0 spiro atoms. The van der Waals surface area contributed by atoms with Crippen LogP contribution in [0.1, 0.15) is 72.6 Å². The third-order valence-corrected chi connectivity index (χ3v) is 6.72. The highest BCUT2D eigenvalue weighted by atomic mass is 16.2. The van der Waals surface area contributed by atoms with Gasteiger partial charge in [0.25, 0.3) is 5.91 Å². The lowest BCUT2D eigenvalue weighted by molar-refractivity contribution is 0.0917. The maximum absolute atomic E-state index is 13.3. The first-order valence-corrected chi connectivity index (χ1v) is 12.2. The number of pyridine rings is 1. The Kier molecular flexibility index (Phi) is 6.54. The second-order valence-corrected chi connectivity index (χ2v) is 9.61. The first kappa shape index (κ1) is 23.1. The van der Waals surface area contributed by atoms with E-state index < -0.39 is 0 Å². The van der Waals surface area contributed by atoms with E-state index in [0.29, 0.717) is 11.7 Å². The van der Waals surface area contributed by atoms with Gasteiger partial charge in [-0.3, -0.25) is 9.89 Å². The van der Waals surface area contributed by atoms with Crippen LogP contribution in [0.15, 0.2) is 37.3 Å². The number of aromatic nitrogens is 7. The molecule has 4 aromatic rings. The van der Waals surface area contributed by atoms with Gasteiger partial charge in [-0.25, -0.2) is 19.5 Å². The minimum absolute atomic E-state index is 0.118. The zero-order valence-corrected chi connectivity index (χ0v) is 20.3. The van der Waals surface area contributed by atoms with Gasteiger partial charge >= 0.3 is 0 Å². The van der Waals surface area contributed by atoms with Crippen LogP contribution in [-0.4, -0.2) is 52.8 Å². The van der Waals surface area contributed by atoms with E-state index >= 15 is 0 Å². The van der Waals surface area contributed by atoms with Crippen LogP contribution in [0.2, 0.25) is 0 Å². The Hall–Kier alpha value is -3.66. The lowest BCUT2D eigenvalue weighted by Crippen LogP contribution is -2.42. The number of H-pyrrole nitrogens is 1. The van der Waals surface area contributed by atoms with Crippen molar-refractivity contribution in [3.05, 3.63) is 59.7 Å². The number of carbonyl (C=O) groups is 1. The number of aryl methyl sites for hydroxylation is 1. The van der Waals surface area contributed by atoms with E-state index in [9.17, 15) is 4.79 Å². The smallest absolute Gasteiger partial charge is 0.272 e. The third-order valence-electron chi connectivity index (χ3n) is 6.72. The highest BCUT2D eigenvalue weighted by Crippen LogP contribution is 2.31. The van der Waals surface area contributed by atoms with Crippen LogP contribution in [0.3, 0.4) is 0 Å². The minimum atomic E-state index is -0.118. The van der Waals surface area contributed by atoms with Crippen molar-refractivity contribution in [2.45, 2.75) is 71.0 Å². The fourth-order valence-electron chi connectivity index (χ4n) is 4.92. The molecule has 4 heterocycles. The number of rotatable bonds is 7. The van der Waals surface area contributed by atoms with Crippen molar-refractivity contribution in [2.24, 2.45) is 0 Å². The van der Waals surface area contributed by atoms with Crippen molar-refractivity contribution in [1.29, 1.82) is 0 Å². The van der Waals surface area contributed by atoms with Gasteiger partial charge in [-0.2, -0.15) is 10.2 Å². The van der Waals surface area contributed by atoms with Gasteiger partial charge in [0.1, 0.15) is 12.7 Å². The number of aromatic amines is 1. The molecule has 182 valence electrons. The molecular weight excluding hydrogens is 442 g/mol. The second kappa shape index (κ2) is 9.91. The summed E-state index contributed by atoms with van der Waals surface area (Å²) in [5.74, 6) is 0.00533. The normalized spacial score (nSPS) is 18.3. The minimum Gasteiger partial charge on any atom is -0.348 e. The molecule has 35 heavy (non-hydrogen) atoms. The largest absolute Gasteiger partial charge is 0.348 e. The van der Waals surface area contributed by atoms with Crippen molar-refractivity contribution in [3.63, 3.8) is 0 Å². The molecule has 5 rings (SSSR count). The number of hydrogen-bond acceptors (Lipinski definition) is 7. The Morgan fingerprint density at radius 2 is 1.89 bits per heavy atom. The van der Waals surface area contributed by atoms with Crippen LogP contribution in [0.25, 0.3) is 16.9 Å². The molecule has 1 aliphatic rings. The highest BCUT2D eigenvalue weighted by Gasteiger charge is 2.27. The molecular formula is C25H31N9O. The van der Waals surface area contributed by atoms with Gasteiger partial charge in [-0.15, -0.1) is 0 Å². The standard InChI is InChI=1S/C25H31N9O/c1-15(2)21-22(18-8-16(3)24-29-14-30-34(24)12-18)32-33-23(21)25(35)31-20-6-4-19(5-7-20)28-11-17-9-26-13-27-10-17/h8-10,12-15,19-20,28H,4-7,11H2,1-3H3,(H,31,35)(H,32,33)/t19-,20-. The summed E-state index contributed by atoms with van der Waals surface area (Å²) in [5, 5.41) is 18.7. The van der Waals surface area contributed by atoms with Crippen molar-refractivity contribution in [2.75, 3.05) is 0 Å². The average Bonchev–Trinajstić information content (AvgIpc) is 3.52. The molecule has 1 saturated carbocycles. The van der Waals surface area contributed by atoms with Crippen LogP contribution in [0.4, 0.5) is 0 Å². The van der Waals surface area contributed by atoms with Gasteiger partial charge in [-0.1, -0.05) is 13.8 Å². The van der Waals surface area contributed by atoms with Crippen molar-refractivity contribution in [3.8, 4) is 11.3 Å². The summed E-state index contributed by atoms with van der Waals surface area (Å²) in [7, 11) is 0. The Morgan fingerprint density at radius 3 is 2.63 bits per heavy atom. The lowest BCUT2D eigenvalue weighted by Gasteiger charge is -2.29. The van der Waals surface area contributed by atoms with Crippen LogP contribution in [0, 0.1) is 6.92 Å². The predicted octanol–water partition coefficient (Wildman–Crippen LogP) is 3.17. The molecule has 10 heteroatoms. The first-order chi connectivity index (χ1) is 17.0. The Balaban J connectivity index is 1.25. The zero-order chi connectivity index (χ0) is 24.4. The molecule has 1 fully saturated rings. The Labute approximate surface area is 204 Å². The molecule has 1 aliphatic carbocycles. The van der Waals surface area contributed by atoms with Gasteiger partial charge in [0.15, 0.2) is 11.3 Å². The van der Waals surface area contributed by atoms with Gasteiger partial charge < -0.3 is 10.6 Å². The van der Waals surface area contributed by atoms with E-state index in [1.54, 1.807) is 17.2 Å². The van der Waals surface area contributed by atoms with E-state index in [1.807, 2.05) is 25.5 Å². The molecule has 0 unspecified atom stereocenters. The Bertz CT molecular complexity index is 1300. The highest BCUT2D eigenvalue weighted by molar-refractivity contribution is 5.96. The molecule has 0 radical (unpaired) electrons. The number of amides is 1. The topological polar surface area (TPSA) is 126 Å².